The maximum atomic E-state index is 11.8. The molecule has 0 aliphatic heterocycles. The average Bonchev–Trinajstić information content (AvgIpc) is 2.36. The number of amides is 1. The molecule has 4 nitrogen and oxygen atoms in total. The molecule has 0 radical (unpaired) electrons. The minimum absolute atomic E-state index is 0.394. The number of benzene rings is 1. The second kappa shape index (κ2) is 5.68. The number of aryl methyl sites for hydroxylation is 1. The van der Waals surface area contributed by atoms with Crippen LogP contribution in [0.4, 0.5) is 5.69 Å². The van der Waals surface area contributed by atoms with E-state index < -0.39 is 11.5 Å². The van der Waals surface area contributed by atoms with Crippen molar-refractivity contribution in [2.24, 2.45) is 0 Å². The summed E-state index contributed by atoms with van der Waals surface area (Å²) in [5.41, 5.74) is 5.94. The molecule has 1 aromatic carbocycles. The van der Waals surface area contributed by atoms with E-state index in [0.29, 0.717) is 12.8 Å². The lowest BCUT2D eigenvalue weighted by molar-refractivity contribution is -0.139. The minimum atomic E-state index is -1.30. The third kappa shape index (κ3) is 3.20. The van der Waals surface area contributed by atoms with Crippen molar-refractivity contribution in [1.29, 1.82) is 0 Å². The van der Waals surface area contributed by atoms with Gasteiger partial charge in [0.15, 0.2) is 0 Å². The Morgan fingerprint density at radius 3 is 2.41 bits per heavy atom. The van der Waals surface area contributed by atoms with E-state index in [1.807, 2.05) is 31.2 Å². The number of rotatable bonds is 5. The van der Waals surface area contributed by atoms with Crippen LogP contribution in [0.2, 0.25) is 0 Å². The molecule has 0 aliphatic carbocycles. The van der Waals surface area contributed by atoms with Crippen LogP contribution in [0.15, 0.2) is 24.3 Å². The summed E-state index contributed by atoms with van der Waals surface area (Å²) in [6.45, 7) is 5.52. The SMILES string of the molecule is CCC(O)(CC)C(=O)NNc1ccccc1C. The van der Waals surface area contributed by atoms with Crippen LogP contribution in [0.25, 0.3) is 0 Å². The van der Waals surface area contributed by atoms with Gasteiger partial charge >= 0.3 is 0 Å². The molecule has 0 aromatic heterocycles. The molecule has 0 saturated heterocycles. The molecule has 4 heteroatoms. The van der Waals surface area contributed by atoms with Gasteiger partial charge in [0.25, 0.3) is 5.91 Å². The van der Waals surface area contributed by atoms with E-state index in [-0.39, 0.29) is 0 Å². The smallest absolute Gasteiger partial charge is 0.270 e. The molecule has 0 heterocycles. The topological polar surface area (TPSA) is 61.4 Å². The van der Waals surface area contributed by atoms with Crippen LogP contribution in [0.3, 0.4) is 0 Å². The fourth-order valence-electron chi connectivity index (χ4n) is 1.52. The van der Waals surface area contributed by atoms with Gasteiger partial charge in [0.1, 0.15) is 5.60 Å². The molecule has 1 amide bonds. The van der Waals surface area contributed by atoms with Crippen LogP contribution >= 0.6 is 0 Å². The maximum absolute atomic E-state index is 11.8. The number of carbonyl (C=O) groups excluding carboxylic acids is 1. The van der Waals surface area contributed by atoms with Crippen LogP contribution < -0.4 is 10.9 Å². The molecular weight excluding hydrogens is 216 g/mol. The fraction of sp³-hybridized carbons (Fsp3) is 0.462. The first-order chi connectivity index (χ1) is 8.03. The number of para-hydroxylation sites is 1. The van der Waals surface area contributed by atoms with E-state index in [1.165, 1.54) is 0 Å². The van der Waals surface area contributed by atoms with Crippen molar-refractivity contribution < 1.29 is 9.90 Å². The van der Waals surface area contributed by atoms with E-state index >= 15 is 0 Å². The molecule has 17 heavy (non-hydrogen) atoms. The summed E-state index contributed by atoms with van der Waals surface area (Å²) in [7, 11) is 0. The van der Waals surface area contributed by atoms with E-state index in [2.05, 4.69) is 10.9 Å². The molecular formula is C13H20N2O2. The Bertz CT molecular complexity index is 387. The van der Waals surface area contributed by atoms with E-state index in [4.69, 9.17) is 0 Å². The van der Waals surface area contributed by atoms with Crippen LogP contribution in [-0.2, 0) is 4.79 Å². The van der Waals surface area contributed by atoms with Gasteiger partial charge in [-0.05, 0) is 31.4 Å². The summed E-state index contributed by atoms with van der Waals surface area (Å²) in [5.74, 6) is -0.397. The summed E-state index contributed by atoms with van der Waals surface area (Å²) in [4.78, 5) is 11.8. The van der Waals surface area contributed by atoms with Gasteiger partial charge in [-0.2, -0.15) is 0 Å². The zero-order chi connectivity index (χ0) is 12.9. The molecule has 0 fully saturated rings. The predicted octanol–water partition coefficient (Wildman–Crippen LogP) is 1.99. The molecule has 0 bridgehead atoms. The Labute approximate surface area is 102 Å². The molecule has 0 unspecified atom stereocenters. The number of carbonyl (C=O) groups is 1. The highest BCUT2D eigenvalue weighted by molar-refractivity contribution is 5.85. The number of hydrogen-bond donors (Lipinski definition) is 3. The molecule has 94 valence electrons. The van der Waals surface area contributed by atoms with Crippen molar-refractivity contribution in [2.75, 3.05) is 5.43 Å². The van der Waals surface area contributed by atoms with Gasteiger partial charge in [-0.1, -0.05) is 32.0 Å². The van der Waals surface area contributed by atoms with E-state index in [9.17, 15) is 9.90 Å². The van der Waals surface area contributed by atoms with Gasteiger partial charge in [0, 0.05) is 0 Å². The quantitative estimate of drug-likeness (QED) is 0.685. The number of nitrogens with one attached hydrogen (secondary N) is 2. The lowest BCUT2D eigenvalue weighted by atomic mass is 9.97. The fourth-order valence-corrected chi connectivity index (χ4v) is 1.52. The Kier molecular flexibility index (Phi) is 4.52. The van der Waals surface area contributed by atoms with Gasteiger partial charge in [0.2, 0.25) is 0 Å². The van der Waals surface area contributed by atoms with Crippen molar-refractivity contribution in [1.82, 2.24) is 5.43 Å². The van der Waals surface area contributed by atoms with Crippen LogP contribution in [0, 0.1) is 6.92 Å². The monoisotopic (exact) mass is 236 g/mol. The zero-order valence-corrected chi connectivity index (χ0v) is 10.6. The first-order valence-electron chi connectivity index (χ1n) is 5.88. The highest BCUT2D eigenvalue weighted by Crippen LogP contribution is 2.16. The third-order valence-electron chi connectivity index (χ3n) is 3.05. The van der Waals surface area contributed by atoms with Gasteiger partial charge in [-0.3, -0.25) is 15.6 Å². The summed E-state index contributed by atoms with van der Waals surface area (Å²) in [6, 6.07) is 7.62. The number of anilines is 1. The van der Waals surface area contributed by atoms with Crippen LogP contribution in [-0.4, -0.2) is 16.6 Å². The summed E-state index contributed by atoms with van der Waals surface area (Å²) >= 11 is 0. The lowest BCUT2D eigenvalue weighted by Gasteiger charge is -2.24. The lowest BCUT2D eigenvalue weighted by Crippen LogP contribution is -2.48. The highest BCUT2D eigenvalue weighted by atomic mass is 16.3. The third-order valence-corrected chi connectivity index (χ3v) is 3.05. The summed E-state index contributed by atoms with van der Waals surface area (Å²) < 4.78 is 0. The van der Waals surface area contributed by atoms with Crippen molar-refractivity contribution in [3.05, 3.63) is 29.8 Å². The highest BCUT2D eigenvalue weighted by Gasteiger charge is 2.31. The molecule has 0 atom stereocenters. The second-order valence-corrected chi connectivity index (χ2v) is 4.13. The Morgan fingerprint density at radius 2 is 1.88 bits per heavy atom. The summed E-state index contributed by atoms with van der Waals surface area (Å²) in [5, 5.41) is 9.99. The minimum Gasteiger partial charge on any atom is -0.380 e. The molecule has 1 aromatic rings. The first-order valence-corrected chi connectivity index (χ1v) is 5.88. The maximum Gasteiger partial charge on any atom is 0.270 e. The van der Waals surface area contributed by atoms with Gasteiger partial charge < -0.3 is 5.11 Å². The molecule has 0 saturated carbocycles. The first kappa shape index (κ1) is 13.5. The molecule has 0 spiro atoms. The second-order valence-electron chi connectivity index (χ2n) is 4.13. The van der Waals surface area contributed by atoms with Crippen LogP contribution in [0.1, 0.15) is 32.3 Å². The largest absolute Gasteiger partial charge is 0.380 e. The van der Waals surface area contributed by atoms with Crippen molar-refractivity contribution in [2.45, 2.75) is 39.2 Å². The van der Waals surface area contributed by atoms with Crippen molar-refractivity contribution >= 4 is 11.6 Å². The van der Waals surface area contributed by atoms with Gasteiger partial charge in [-0.25, -0.2) is 0 Å². The summed E-state index contributed by atoms with van der Waals surface area (Å²) in [6.07, 6.45) is 0.787. The van der Waals surface area contributed by atoms with Crippen molar-refractivity contribution in [3.63, 3.8) is 0 Å². The Balaban J connectivity index is 2.63. The normalized spacial score (nSPS) is 11.1. The molecule has 3 N–H and O–H groups in total. The van der Waals surface area contributed by atoms with Crippen LogP contribution in [0.5, 0.6) is 0 Å². The van der Waals surface area contributed by atoms with E-state index in [1.54, 1.807) is 13.8 Å². The van der Waals surface area contributed by atoms with E-state index in [0.717, 1.165) is 11.3 Å². The average molecular weight is 236 g/mol. The Hall–Kier alpha value is -1.55. The molecule has 0 aliphatic rings. The number of aliphatic hydroxyl groups is 1. The zero-order valence-electron chi connectivity index (χ0n) is 10.6. The van der Waals surface area contributed by atoms with Gasteiger partial charge in [0.05, 0.1) is 5.69 Å². The van der Waals surface area contributed by atoms with Gasteiger partial charge in [-0.15, -0.1) is 0 Å². The number of hydrogen-bond acceptors (Lipinski definition) is 3. The standard InChI is InChI=1S/C13H20N2O2/c1-4-13(17,5-2)12(16)15-14-11-9-7-6-8-10(11)3/h6-9,14,17H,4-5H2,1-3H3,(H,15,16). The van der Waals surface area contributed by atoms with Crippen molar-refractivity contribution in [3.8, 4) is 0 Å². The number of hydrazine groups is 1. The predicted molar refractivity (Wildman–Crippen MR) is 68.5 cm³/mol. The molecule has 1 rings (SSSR count). The Morgan fingerprint density at radius 1 is 1.29 bits per heavy atom.